The molecule has 0 saturated heterocycles. The van der Waals surface area contributed by atoms with Crippen LogP contribution < -0.4 is 10.1 Å². The summed E-state index contributed by atoms with van der Waals surface area (Å²) in [7, 11) is 0. The molecule has 1 aliphatic heterocycles. The average Bonchev–Trinajstić information content (AvgIpc) is 2.93. The Morgan fingerprint density at radius 1 is 1.43 bits per heavy atom. The number of fused-ring (bicyclic) bond motifs is 1. The van der Waals surface area contributed by atoms with E-state index in [0.29, 0.717) is 0 Å². The summed E-state index contributed by atoms with van der Waals surface area (Å²) in [6.07, 6.45) is 4.55. The van der Waals surface area contributed by atoms with E-state index in [9.17, 15) is 4.79 Å². The number of carbonyl (C=O) groups is 1. The van der Waals surface area contributed by atoms with E-state index >= 15 is 0 Å². The molecule has 0 amide bonds. The number of halogens is 1. The topological polar surface area (TPSA) is 58.6 Å². The molecule has 0 bridgehead atoms. The van der Waals surface area contributed by atoms with Crippen LogP contribution in [-0.2, 0) is 17.8 Å². The van der Waals surface area contributed by atoms with Gasteiger partial charge in [0.15, 0.2) is 0 Å². The molecule has 0 radical (unpaired) electrons. The van der Waals surface area contributed by atoms with E-state index in [-0.39, 0.29) is 12.0 Å². The summed E-state index contributed by atoms with van der Waals surface area (Å²) < 4.78 is 6.81. The SMILES string of the molecule is O=C(O)C1CCCC(NCc2cc(Br)cc3c2OCC3)C1. The summed E-state index contributed by atoms with van der Waals surface area (Å²) in [4.78, 5) is 11.1. The van der Waals surface area contributed by atoms with E-state index in [2.05, 4.69) is 33.4 Å². The van der Waals surface area contributed by atoms with E-state index in [1.165, 1.54) is 5.56 Å². The van der Waals surface area contributed by atoms with Crippen molar-refractivity contribution in [2.75, 3.05) is 6.61 Å². The minimum Gasteiger partial charge on any atom is -0.493 e. The maximum Gasteiger partial charge on any atom is 0.306 e. The lowest BCUT2D eigenvalue weighted by molar-refractivity contribution is -0.143. The molecule has 5 heteroatoms. The predicted molar refractivity (Wildman–Crippen MR) is 83.6 cm³/mol. The number of nitrogens with one attached hydrogen (secondary N) is 1. The molecular weight excluding hydrogens is 334 g/mol. The summed E-state index contributed by atoms with van der Waals surface area (Å²) in [5.74, 6) is 0.158. The number of carboxylic acids is 1. The highest BCUT2D eigenvalue weighted by Gasteiger charge is 2.27. The van der Waals surface area contributed by atoms with Crippen LogP contribution in [0.15, 0.2) is 16.6 Å². The predicted octanol–water partition coefficient (Wildman–Crippen LogP) is 3.12. The van der Waals surface area contributed by atoms with Crippen molar-refractivity contribution >= 4 is 21.9 Å². The number of benzene rings is 1. The van der Waals surface area contributed by atoms with E-state index < -0.39 is 5.97 Å². The van der Waals surface area contributed by atoms with Crippen LogP contribution in [0.1, 0.15) is 36.8 Å². The van der Waals surface area contributed by atoms with Gasteiger partial charge in [0, 0.05) is 29.0 Å². The number of ether oxygens (including phenoxy) is 1. The Labute approximate surface area is 133 Å². The molecule has 3 rings (SSSR count). The number of hydrogen-bond acceptors (Lipinski definition) is 3. The van der Waals surface area contributed by atoms with Crippen molar-refractivity contribution in [3.63, 3.8) is 0 Å². The third-order valence-corrected chi connectivity index (χ3v) is 4.89. The van der Waals surface area contributed by atoms with Crippen LogP contribution in [0.4, 0.5) is 0 Å². The first-order valence-electron chi connectivity index (χ1n) is 7.54. The number of carboxylic acid groups (broad SMARTS) is 1. The standard InChI is InChI=1S/C16H20BrNO3/c17-13-6-10-4-5-21-15(10)12(7-13)9-18-14-3-1-2-11(8-14)16(19)20/h6-7,11,14,18H,1-5,8-9H2,(H,19,20). The molecule has 0 spiro atoms. The Morgan fingerprint density at radius 2 is 2.29 bits per heavy atom. The van der Waals surface area contributed by atoms with Crippen LogP contribution in [0, 0.1) is 5.92 Å². The maximum absolute atomic E-state index is 11.1. The first-order valence-corrected chi connectivity index (χ1v) is 8.33. The second-order valence-electron chi connectivity index (χ2n) is 5.93. The first kappa shape index (κ1) is 14.9. The molecule has 0 aromatic heterocycles. The zero-order chi connectivity index (χ0) is 14.8. The van der Waals surface area contributed by atoms with Crippen LogP contribution in [0.5, 0.6) is 5.75 Å². The van der Waals surface area contributed by atoms with Crippen molar-refractivity contribution in [1.82, 2.24) is 5.32 Å². The molecule has 1 aromatic rings. The fourth-order valence-electron chi connectivity index (χ4n) is 3.33. The van der Waals surface area contributed by atoms with Gasteiger partial charge in [-0.05, 0) is 37.0 Å². The molecular formula is C16H20BrNO3. The molecule has 2 aliphatic rings. The van der Waals surface area contributed by atoms with Gasteiger partial charge in [-0.3, -0.25) is 4.79 Å². The number of rotatable bonds is 4. The fraction of sp³-hybridized carbons (Fsp3) is 0.562. The van der Waals surface area contributed by atoms with Crippen LogP contribution in [0.2, 0.25) is 0 Å². The minimum absolute atomic E-state index is 0.194. The highest BCUT2D eigenvalue weighted by atomic mass is 79.9. The molecule has 114 valence electrons. The summed E-state index contributed by atoms with van der Waals surface area (Å²) in [6.45, 7) is 1.49. The Morgan fingerprint density at radius 3 is 3.10 bits per heavy atom. The van der Waals surface area contributed by atoms with Crippen molar-refractivity contribution in [3.05, 3.63) is 27.7 Å². The molecule has 1 heterocycles. The van der Waals surface area contributed by atoms with Gasteiger partial charge in [-0.2, -0.15) is 0 Å². The van der Waals surface area contributed by atoms with Gasteiger partial charge in [-0.1, -0.05) is 22.4 Å². The van der Waals surface area contributed by atoms with E-state index in [4.69, 9.17) is 9.84 Å². The van der Waals surface area contributed by atoms with Crippen molar-refractivity contribution < 1.29 is 14.6 Å². The molecule has 1 aromatic carbocycles. The van der Waals surface area contributed by atoms with Crippen LogP contribution in [-0.4, -0.2) is 23.7 Å². The maximum atomic E-state index is 11.1. The zero-order valence-electron chi connectivity index (χ0n) is 11.9. The molecule has 1 aliphatic carbocycles. The van der Waals surface area contributed by atoms with E-state index in [1.807, 2.05) is 0 Å². The number of hydrogen-bond donors (Lipinski definition) is 2. The zero-order valence-corrected chi connectivity index (χ0v) is 13.5. The highest BCUT2D eigenvalue weighted by molar-refractivity contribution is 9.10. The lowest BCUT2D eigenvalue weighted by Gasteiger charge is -2.27. The largest absolute Gasteiger partial charge is 0.493 e. The lowest BCUT2D eigenvalue weighted by atomic mass is 9.85. The van der Waals surface area contributed by atoms with Gasteiger partial charge in [0.1, 0.15) is 5.75 Å². The molecule has 1 fully saturated rings. The van der Waals surface area contributed by atoms with Gasteiger partial charge >= 0.3 is 5.97 Å². The third kappa shape index (κ3) is 3.40. The van der Waals surface area contributed by atoms with E-state index in [0.717, 1.165) is 61.0 Å². The quantitative estimate of drug-likeness (QED) is 0.872. The normalized spacial score (nSPS) is 24.4. The summed E-state index contributed by atoms with van der Waals surface area (Å²) >= 11 is 3.55. The second kappa shape index (κ2) is 6.36. The van der Waals surface area contributed by atoms with Gasteiger partial charge in [0.25, 0.3) is 0 Å². The molecule has 2 N–H and O–H groups in total. The van der Waals surface area contributed by atoms with Gasteiger partial charge in [-0.15, -0.1) is 0 Å². The van der Waals surface area contributed by atoms with Crippen molar-refractivity contribution in [1.29, 1.82) is 0 Å². The van der Waals surface area contributed by atoms with Crippen molar-refractivity contribution in [2.45, 2.75) is 44.7 Å². The Kier molecular flexibility index (Phi) is 4.50. The van der Waals surface area contributed by atoms with Gasteiger partial charge < -0.3 is 15.2 Å². The first-order chi connectivity index (χ1) is 10.1. The Hall–Kier alpha value is -1.07. The van der Waals surface area contributed by atoms with Crippen molar-refractivity contribution in [3.8, 4) is 5.75 Å². The Balaban J connectivity index is 1.64. The lowest BCUT2D eigenvalue weighted by Crippen LogP contribution is -2.36. The molecule has 21 heavy (non-hydrogen) atoms. The molecule has 2 atom stereocenters. The van der Waals surface area contributed by atoms with Gasteiger partial charge in [0.2, 0.25) is 0 Å². The highest BCUT2D eigenvalue weighted by Crippen LogP contribution is 2.33. The summed E-state index contributed by atoms with van der Waals surface area (Å²) in [5.41, 5.74) is 2.42. The monoisotopic (exact) mass is 353 g/mol. The fourth-order valence-corrected chi connectivity index (χ4v) is 3.88. The summed E-state index contributed by atoms with van der Waals surface area (Å²) in [5, 5.41) is 12.7. The second-order valence-corrected chi connectivity index (χ2v) is 6.85. The molecule has 1 saturated carbocycles. The molecule has 2 unspecified atom stereocenters. The van der Waals surface area contributed by atoms with Crippen LogP contribution in [0.3, 0.4) is 0 Å². The summed E-state index contributed by atoms with van der Waals surface area (Å²) in [6, 6.07) is 4.50. The molecule has 4 nitrogen and oxygen atoms in total. The third-order valence-electron chi connectivity index (χ3n) is 4.43. The van der Waals surface area contributed by atoms with Crippen LogP contribution in [0.25, 0.3) is 0 Å². The van der Waals surface area contributed by atoms with Crippen molar-refractivity contribution in [2.24, 2.45) is 5.92 Å². The van der Waals surface area contributed by atoms with Crippen LogP contribution >= 0.6 is 15.9 Å². The number of aliphatic carboxylic acids is 1. The van der Waals surface area contributed by atoms with E-state index in [1.54, 1.807) is 0 Å². The Bertz CT molecular complexity index is 547. The average molecular weight is 354 g/mol. The van der Waals surface area contributed by atoms with Gasteiger partial charge in [-0.25, -0.2) is 0 Å². The van der Waals surface area contributed by atoms with Gasteiger partial charge in [0.05, 0.1) is 12.5 Å². The smallest absolute Gasteiger partial charge is 0.306 e. The minimum atomic E-state index is -0.659.